The fourth-order valence-electron chi connectivity index (χ4n) is 1.42. The van der Waals surface area contributed by atoms with Gasteiger partial charge >= 0.3 is 26.7 Å². The average Bonchev–Trinajstić information content (AvgIpc) is 2.52. The van der Waals surface area contributed by atoms with Crippen LogP contribution in [0.1, 0.15) is 0 Å². The van der Waals surface area contributed by atoms with E-state index in [0.717, 1.165) is 0 Å². The van der Waals surface area contributed by atoms with Crippen molar-refractivity contribution < 1.29 is 27.7 Å². The summed E-state index contributed by atoms with van der Waals surface area (Å²) in [4.78, 5) is 36.5. The lowest BCUT2D eigenvalue weighted by molar-refractivity contribution is -0.148. The zero-order valence-corrected chi connectivity index (χ0v) is 20.5. The molecule has 1 aromatic carbocycles. The van der Waals surface area contributed by atoms with Crippen LogP contribution in [0, 0.1) is 0 Å². The molecule has 0 saturated heterocycles. The second-order valence-corrected chi connectivity index (χ2v) is 13.7. The van der Waals surface area contributed by atoms with Gasteiger partial charge in [0.05, 0.1) is 5.19 Å². The third-order valence-corrected chi connectivity index (χ3v) is 6.29. The zero-order chi connectivity index (χ0) is 22.0. The molecule has 0 aliphatic carbocycles. The smallest absolute Gasteiger partial charge is 0.448 e. The molecule has 28 heavy (non-hydrogen) atoms. The van der Waals surface area contributed by atoms with E-state index in [1.165, 1.54) is 30.3 Å². The molecule has 1 rings (SSSR count). The van der Waals surface area contributed by atoms with Crippen LogP contribution < -0.4 is 5.19 Å². The summed E-state index contributed by atoms with van der Waals surface area (Å²) in [5, 5.41) is -0.164. The highest BCUT2D eigenvalue weighted by atomic mass is 35.6. The predicted octanol–water partition coefficient (Wildman–Crippen LogP) is 4.57. The summed E-state index contributed by atoms with van der Waals surface area (Å²) in [6.07, 6.45) is 0. The molecule has 0 unspecified atom stereocenters. The van der Waals surface area contributed by atoms with Crippen molar-refractivity contribution in [3.63, 3.8) is 0 Å². The summed E-state index contributed by atoms with van der Waals surface area (Å²) < 4.78 is 6.98. The summed E-state index contributed by atoms with van der Waals surface area (Å²) in [5.74, 6) is -4.74. The van der Waals surface area contributed by atoms with E-state index in [1.807, 2.05) is 0 Å². The molecular weight excluding hydrogens is 587 g/mol. The largest absolute Gasteiger partial charge is 0.743 e. The first-order valence-electron chi connectivity index (χ1n) is 6.45. The summed E-state index contributed by atoms with van der Waals surface area (Å²) in [5.41, 5.74) is 0. The molecule has 0 heterocycles. The molecule has 0 radical (unpaired) electrons. The van der Waals surface area contributed by atoms with Crippen LogP contribution in [0.4, 0.5) is 0 Å². The molecule has 16 heteroatoms. The fraction of sp³-hybridized carbons (Fsp3) is 0.250. The third kappa shape index (κ3) is 7.61. The van der Waals surface area contributed by atoms with E-state index >= 15 is 0 Å². The number of alkyl halides is 9. The average molecular weight is 592 g/mol. The lowest BCUT2D eigenvalue weighted by atomic mass is 10.4. The van der Waals surface area contributed by atoms with Gasteiger partial charge in [0.25, 0.3) is 11.4 Å². The van der Waals surface area contributed by atoms with Crippen molar-refractivity contribution in [3.05, 3.63) is 30.3 Å². The van der Waals surface area contributed by atoms with Crippen molar-refractivity contribution >= 4 is 136 Å². The first kappa shape index (κ1) is 26.5. The number of halogens is 9. The molecule has 0 saturated carbocycles. The molecule has 0 aliphatic rings. The predicted molar refractivity (Wildman–Crippen MR) is 111 cm³/mol. The Kier molecular flexibility index (Phi) is 9.20. The van der Waals surface area contributed by atoms with E-state index in [9.17, 15) is 14.4 Å². The Balaban J connectivity index is 3.58. The van der Waals surface area contributed by atoms with Gasteiger partial charge in [0.2, 0.25) is 0 Å². The molecule has 0 aliphatic heterocycles. The highest BCUT2D eigenvalue weighted by molar-refractivity contribution is 6.85. The molecule has 0 bridgehead atoms. The van der Waals surface area contributed by atoms with Crippen molar-refractivity contribution in [3.8, 4) is 0 Å². The van der Waals surface area contributed by atoms with Gasteiger partial charge in [-0.25, -0.2) is 14.4 Å². The van der Waals surface area contributed by atoms with E-state index in [4.69, 9.17) is 118 Å². The SMILES string of the molecule is O=C(O[Si](OC(=O)C(Cl)(Cl)Cl)(OC(=O)C(Cl)(Cl)Cl)c1ccccc1)C(Cl)(Cl)Cl. The number of hydrogen-bond acceptors (Lipinski definition) is 6. The minimum absolute atomic E-state index is 0.164. The topological polar surface area (TPSA) is 78.9 Å². The van der Waals surface area contributed by atoms with Crippen LogP contribution in [0.25, 0.3) is 0 Å². The normalized spacial score (nSPS) is 12.9. The molecule has 0 atom stereocenters. The van der Waals surface area contributed by atoms with Gasteiger partial charge < -0.3 is 13.3 Å². The molecule has 0 amide bonds. The van der Waals surface area contributed by atoms with Crippen molar-refractivity contribution in [1.82, 2.24) is 0 Å². The van der Waals surface area contributed by atoms with Gasteiger partial charge in [-0.05, 0) is 0 Å². The van der Waals surface area contributed by atoms with Gasteiger partial charge in [-0.3, -0.25) is 0 Å². The van der Waals surface area contributed by atoms with Crippen molar-refractivity contribution in [2.75, 3.05) is 0 Å². The minimum Gasteiger partial charge on any atom is -0.448 e. The number of rotatable bonds is 4. The Morgan fingerprint density at radius 1 is 0.607 bits per heavy atom. The Labute approximate surface area is 204 Å². The van der Waals surface area contributed by atoms with Crippen LogP contribution >= 0.6 is 104 Å². The fourth-order valence-corrected chi connectivity index (χ4v) is 4.62. The maximum absolute atomic E-state index is 12.2. The second kappa shape index (κ2) is 9.72. The maximum atomic E-state index is 12.2. The number of hydrogen-bond donors (Lipinski definition) is 0. The lowest BCUT2D eigenvalue weighted by Gasteiger charge is -2.30. The maximum Gasteiger partial charge on any atom is 0.743 e. The Morgan fingerprint density at radius 3 is 1.14 bits per heavy atom. The minimum atomic E-state index is -5.00. The Morgan fingerprint density at radius 2 is 0.893 bits per heavy atom. The van der Waals surface area contributed by atoms with E-state index in [2.05, 4.69) is 0 Å². The van der Waals surface area contributed by atoms with Gasteiger partial charge in [0.1, 0.15) is 0 Å². The summed E-state index contributed by atoms with van der Waals surface area (Å²) in [6.45, 7) is 0. The van der Waals surface area contributed by atoms with E-state index in [-0.39, 0.29) is 5.19 Å². The van der Waals surface area contributed by atoms with Gasteiger partial charge in [-0.15, -0.1) is 0 Å². The van der Waals surface area contributed by atoms with Crippen LogP contribution in [0.5, 0.6) is 0 Å². The van der Waals surface area contributed by atoms with Crippen molar-refractivity contribution in [1.29, 1.82) is 0 Å². The van der Waals surface area contributed by atoms with Crippen LogP contribution in [0.3, 0.4) is 0 Å². The first-order valence-corrected chi connectivity index (χ1v) is 11.6. The van der Waals surface area contributed by atoms with Gasteiger partial charge in [0.15, 0.2) is 0 Å². The van der Waals surface area contributed by atoms with Crippen LogP contribution in [-0.4, -0.2) is 38.1 Å². The highest BCUT2D eigenvalue weighted by Gasteiger charge is 2.61. The van der Waals surface area contributed by atoms with Crippen molar-refractivity contribution in [2.45, 2.75) is 11.4 Å². The molecule has 0 N–H and O–H groups in total. The number of carbonyl (C=O) groups is 3. The van der Waals surface area contributed by atoms with Crippen LogP contribution in [0.15, 0.2) is 30.3 Å². The zero-order valence-electron chi connectivity index (χ0n) is 12.7. The highest BCUT2D eigenvalue weighted by Crippen LogP contribution is 2.34. The van der Waals surface area contributed by atoms with E-state index in [0.29, 0.717) is 0 Å². The third-order valence-electron chi connectivity index (χ3n) is 2.50. The standard InChI is InChI=1S/C12H5Cl9O6Si/c13-10(14,15)7(22)25-28(6-4-2-1-3-5-6,26-8(23)11(16,17)18)27-9(24)12(19,20)21/h1-5H. The number of benzene rings is 1. The quantitative estimate of drug-likeness (QED) is 0.377. The monoisotopic (exact) mass is 588 g/mol. The first-order chi connectivity index (χ1) is 12.5. The van der Waals surface area contributed by atoms with E-state index in [1.54, 1.807) is 0 Å². The number of carbonyl (C=O) groups excluding carboxylic acids is 3. The molecule has 0 fully saturated rings. The van der Waals surface area contributed by atoms with E-state index < -0.39 is 38.1 Å². The molecule has 0 spiro atoms. The van der Waals surface area contributed by atoms with Gasteiger partial charge in [-0.2, -0.15) is 0 Å². The van der Waals surface area contributed by atoms with Crippen molar-refractivity contribution in [2.24, 2.45) is 0 Å². The molecule has 6 nitrogen and oxygen atoms in total. The van der Waals surface area contributed by atoms with Gasteiger partial charge in [0, 0.05) is 0 Å². The molecule has 156 valence electrons. The Bertz CT molecular complexity index is 671. The lowest BCUT2D eigenvalue weighted by Crippen LogP contribution is -2.62. The summed E-state index contributed by atoms with van der Waals surface area (Å²) >= 11 is 49.2. The summed E-state index contributed by atoms with van der Waals surface area (Å²) in [7, 11) is -5.00. The summed E-state index contributed by atoms with van der Waals surface area (Å²) in [6, 6.07) is 6.84. The molecular formula is C12H5Cl9O6Si. The molecule has 1 aromatic rings. The molecule has 0 aromatic heterocycles. The van der Waals surface area contributed by atoms with Crippen LogP contribution in [-0.2, 0) is 27.7 Å². The second-order valence-electron chi connectivity index (χ2n) is 4.58. The Hall–Kier alpha value is 0.457. The van der Waals surface area contributed by atoms with Crippen LogP contribution in [0.2, 0.25) is 0 Å². The van der Waals surface area contributed by atoms with Gasteiger partial charge in [-0.1, -0.05) is 135 Å².